The molecule has 7 spiro atoms. The monoisotopic (exact) mass is 999 g/mol. The van der Waals surface area contributed by atoms with Gasteiger partial charge in [0.1, 0.15) is 41.2 Å². The van der Waals surface area contributed by atoms with Gasteiger partial charge in [0.2, 0.25) is 0 Å². The third-order valence-electron chi connectivity index (χ3n) is 26.9. The third-order valence-corrected chi connectivity index (χ3v) is 26.9. The van der Waals surface area contributed by atoms with Gasteiger partial charge in [-0.05, 0) is 166 Å². The molecule has 0 aromatic carbocycles. The summed E-state index contributed by atoms with van der Waals surface area (Å²) in [5.41, 5.74) is -6.58. The van der Waals surface area contributed by atoms with Crippen molar-refractivity contribution < 1.29 is 53.1 Å². The van der Waals surface area contributed by atoms with Crippen molar-refractivity contribution in [1.82, 2.24) is 10.2 Å². The number of rotatable bonds is 6. The largest absolute Gasteiger partial charge is 0.469 e. The Morgan fingerprint density at radius 3 is 2.68 bits per heavy atom. The number of ketones is 1. The van der Waals surface area contributed by atoms with Crippen molar-refractivity contribution in [3.63, 3.8) is 0 Å². The summed E-state index contributed by atoms with van der Waals surface area (Å²) in [7, 11) is 0. The Labute approximate surface area is 427 Å². The zero-order chi connectivity index (χ0) is 49.5. The van der Waals surface area contributed by atoms with Crippen molar-refractivity contribution in [2.75, 3.05) is 26.4 Å². The Balaban J connectivity index is 0.838. The first-order chi connectivity index (χ1) is 35.1. The minimum absolute atomic E-state index is 0.0233. The minimum atomic E-state index is -1.49. The predicted octanol–water partition coefficient (Wildman–Crippen LogP) is 6.64. The highest BCUT2D eigenvalue weighted by Crippen LogP contribution is 2.94. The van der Waals surface area contributed by atoms with Crippen LogP contribution in [-0.2, 0) is 39.8 Å². The van der Waals surface area contributed by atoms with E-state index in [-0.39, 0.29) is 59.5 Å². The van der Waals surface area contributed by atoms with E-state index in [4.69, 9.17) is 23.4 Å². The molecule has 390 valence electrons. The highest BCUT2D eigenvalue weighted by atomic mass is 16.7. The summed E-state index contributed by atoms with van der Waals surface area (Å²) in [6.45, 7) is 7.86. The summed E-state index contributed by atoms with van der Waals surface area (Å²) >= 11 is 0. The summed E-state index contributed by atoms with van der Waals surface area (Å²) in [6.07, 6.45) is 24.2. The first-order valence-electron chi connectivity index (χ1n) is 29.0. The van der Waals surface area contributed by atoms with Crippen LogP contribution in [0.3, 0.4) is 0 Å². The van der Waals surface area contributed by atoms with Gasteiger partial charge >= 0.3 is 11.9 Å². The maximum absolute atomic E-state index is 16.2. The summed E-state index contributed by atoms with van der Waals surface area (Å²) in [6, 6.07) is 2.40. The number of aliphatic hydroxyl groups excluding tert-OH is 3. The summed E-state index contributed by atoms with van der Waals surface area (Å²) < 4.78 is 35.5. The fourth-order valence-electron chi connectivity index (χ4n) is 25.2. The second-order valence-corrected chi connectivity index (χ2v) is 28.6. The molecule has 4 N–H and O–H groups in total. The van der Waals surface area contributed by atoms with E-state index in [1.165, 1.54) is 37.7 Å². The molecule has 8 saturated carbocycles. The number of nitrogens with zero attached hydrogens (tertiary/aromatic N) is 1. The molecule has 6 bridgehead atoms. The number of Topliss-reactive ketones (excluding diaryl/α,β-unsaturated/α-hetero) is 1. The lowest BCUT2D eigenvalue weighted by molar-refractivity contribution is -0.297. The van der Waals surface area contributed by atoms with E-state index in [1.54, 1.807) is 6.26 Å². The average Bonchev–Trinajstić information content (AvgIpc) is 4.02. The van der Waals surface area contributed by atoms with Crippen LogP contribution in [-0.4, -0.2) is 106 Å². The second-order valence-electron chi connectivity index (χ2n) is 28.6. The molecule has 9 aliphatic carbocycles. The Morgan fingerprint density at radius 1 is 1.00 bits per heavy atom. The number of esters is 2. The van der Waals surface area contributed by atoms with E-state index in [0.29, 0.717) is 48.8 Å². The summed E-state index contributed by atoms with van der Waals surface area (Å²) in [4.78, 5) is 49.6. The normalized spacial score (nSPS) is 56.6. The van der Waals surface area contributed by atoms with Crippen LogP contribution in [0.5, 0.6) is 0 Å². The fourth-order valence-corrected chi connectivity index (χ4v) is 25.2. The number of fused-ring (bicyclic) bond motifs is 5. The number of carbonyl (C=O) groups excluding carboxylic acids is 3. The van der Waals surface area contributed by atoms with Crippen molar-refractivity contribution in [3.8, 4) is 0 Å². The fraction of sp³-hybridized carbons (Fsp3) is 0.783. The van der Waals surface area contributed by atoms with Gasteiger partial charge in [0.05, 0.1) is 42.6 Å². The zero-order valence-electron chi connectivity index (χ0n) is 42.8. The highest BCUT2D eigenvalue weighted by molar-refractivity contribution is 5.95. The lowest BCUT2D eigenvalue weighted by atomic mass is 9.31. The molecule has 0 radical (unpaired) electrons. The first-order valence-corrected chi connectivity index (χ1v) is 29.0. The molecular weight excluding hydrogens is 925 g/mol. The number of aliphatic hydroxyl groups is 3. The lowest BCUT2D eigenvalue weighted by Gasteiger charge is -2.73. The molecular formula is C60H74N2O11. The molecule has 7 aliphatic heterocycles. The standard InChI is InChI=1S/C60H74N2O11/c1-51-24-33-25-58-36-21-34(55(58)17-16-54(28-55)12-4-5-13-54)9-15-57(58)50(68)70-29-56-44(33)53(3,46(66)43(65)45(56)52(2)14-8-35(22-36)59(56,57)73-52)60(51)48(72-60)49(67)71-47(51)38-11-19-69-42(38)23-39(41(64)27-63)31-6-7-37-32(20-31)10-18-62-30-61-26-40(37)62/h8-11,15,18-19,31-34,36-37,39-41,44-48,61,63-64,66H,4-7,12-14,16-17,20-30H2,1-3H3. The number of carbonyl (C=O) groups is 3. The van der Waals surface area contributed by atoms with Crippen LogP contribution in [0, 0.1) is 91.2 Å². The number of hydrogen-bond donors (Lipinski definition) is 4. The van der Waals surface area contributed by atoms with Gasteiger partial charge in [0, 0.05) is 40.8 Å². The molecule has 8 heterocycles. The van der Waals surface area contributed by atoms with Gasteiger partial charge in [-0.15, -0.1) is 0 Å². The third kappa shape index (κ3) is 4.39. The Kier molecular flexibility index (Phi) is 8.27. The first kappa shape index (κ1) is 44.8. The SMILES string of the molecule is CC12CC=C3CC4CC5C=CC67C(=O)OCC8(C1C(=O)C(O)C1(C)C8C(CC8(C)C(c9ccoc9CC(C(O)CO)C9CCC%10C(C=CN%11CNCC%10%11)C9)OC(=O)C9OC981)CC46C51CCC4(CCCC4)C1)C37O2. The molecule has 73 heavy (non-hydrogen) atoms. The average molecular weight is 999 g/mol. The second kappa shape index (κ2) is 13.5. The van der Waals surface area contributed by atoms with Crippen molar-refractivity contribution >= 4 is 17.7 Å². The summed E-state index contributed by atoms with van der Waals surface area (Å²) in [5, 5.41) is 39.5. The van der Waals surface area contributed by atoms with Crippen LogP contribution in [0.15, 0.2) is 52.8 Å². The maximum atomic E-state index is 16.2. The topological polar surface area (TPSA) is 181 Å². The Bertz CT molecular complexity index is 2800. The van der Waals surface area contributed by atoms with E-state index in [0.717, 1.165) is 70.1 Å². The van der Waals surface area contributed by atoms with Crippen LogP contribution in [0.4, 0.5) is 0 Å². The van der Waals surface area contributed by atoms with Crippen LogP contribution in [0.25, 0.3) is 0 Å². The van der Waals surface area contributed by atoms with Crippen molar-refractivity contribution in [3.05, 3.63) is 59.7 Å². The van der Waals surface area contributed by atoms with Gasteiger partial charge in [0.15, 0.2) is 11.9 Å². The molecule has 5 saturated heterocycles. The molecule has 13 fully saturated rings. The molecule has 1 aromatic heterocycles. The van der Waals surface area contributed by atoms with Crippen LogP contribution in [0.2, 0.25) is 0 Å². The van der Waals surface area contributed by atoms with Gasteiger partial charge < -0.3 is 43.6 Å². The molecule has 13 nitrogen and oxygen atoms in total. The van der Waals surface area contributed by atoms with E-state index >= 15 is 9.59 Å². The van der Waals surface area contributed by atoms with E-state index in [1.807, 2.05) is 6.07 Å². The summed E-state index contributed by atoms with van der Waals surface area (Å²) in [5.74, 6) is -0.424. The zero-order valence-corrected chi connectivity index (χ0v) is 42.8. The predicted molar refractivity (Wildman–Crippen MR) is 260 cm³/mol. The molecule has 13 heteroatoms. The smallest absolute Gasteiger partial charge is 0.339 e. The molecule has 1 aromatic rings. The number of cyclic esters (lactones) is 2. The van der Waals surface area contributed by atoms with Crippen molar-refractivity contribution in [1.29, 1.82) is 0 Å². The van der Waals surface area contributed by atoms with Gasteiger partial charge in [-0.1, -0.05) is 51.0 Å². The van der Waals surface area contributed by atoms with Gasteiger partial charge in [-0.25, -0.2) is 4.79 Å². The van der Waals surface area contributed by atoms with Crippen LogP contribution < -0.4 is 5.32 Å². The number of nitrogens with one attached hydrogen (secondary N) is 1. The Hall–Kier alpha value is -3.33. The van der Waals surface area contributed by atoms with Crippen LogP contribution >= 0.6 is 0 Å². The van der Waals surface area contributed by atoms with Crippen LogP contribution in [0.1, 0.15) is 135 Å². The molecule has 0 amide bonds. The number of furan rings is 1. The van der Waals surface area contributed by atoms with E-state index < -0.39 is 86.1 Å². The molecule has 16 aliphatic rings. The molecule has 23 unspecified atom stereocenters. The van der Waals surface area contributed by atoms with Crippen molar-refractivity contribution in [2.24, 2.45) is 91.2 Å². The minimum Gasteiger partial charge on any atom is -0.469 e. The highest BCUT2D eigenvalue weighted by Gasteiger charge is 3.00. The molecule has 17 rings (SSSR count). The number of epoxide rings is 1. The number of allylic oxidation sites excluding steroid dienone is 2. The lowest BCUT2D eigenvalue weighted by Crippen LogP contribution is -2.82. The van der Waals surface area contributed by atoms with Gasteiger partial charge in [-0.2, -0.15) is 0 Å². The Morgan fingerprint density at radius 2 is 1.85 bits per heavy atom. The van der Waals surface area contributed by atoms with Gasteiger partial charge in [-0.3, -0.25) is 14.9 Å². The number of hydrogen-bond acceptors (Lipinski definition) is 13. The van der Waals surface area contributed by atoms with Crippen molar-refractivity contribution in [2.45, 2.75) is 171 Å². The number of ether oxygens (including phenoxy) is 4. The van der Waals surface area contributed by atoms with E-state index in [2.05, 4.69) is 61.5 Å². The molecule has 23 atom stereocenters. The quantitative estimate of drug-likeness (QED) is 0.135. The van der Waals surface area contributed by atoms with E-state index in [9.17, 15) is 20.1 Å². The van der Waals surface area contributed by atoms with Gasteiger partial charge in [0.25, 0.3) is 0 Å². The maximum Gasteiger partial charge on any atom is 0.339 e.